The molecule has 0 aromatic heterocycles. The fraction of sp³-hybridized carbons (Fsp3) is 0.588. The number of nitrogens with zero attached hydrogens (tertiary/aromatic N) is 1. The van der Waals surface area contributed by atoms with Crippen molar-refractivity contribution in [2.75, 3.05) is 26.7 Å². The Bertz CT molecular complexity index is 494. The standard InChI is InChI=1S/C17H26N2O3/c1-17(2,3)22-16(20)19-10-9-18-14(12-19)11-13-5-7-15(21-4)8-6-13/h5-8,14,18H,9-12H2,1-4H3. The first kappa shape index (κ1) is 16.6. The number of piperazine rings is 1. The minimum Gasteiger partial charge on any atom is -0.497 e. The van der Waals surface area contributed by atoms with E-state index in [1.165, 1.54) is 5.56 Å². The van der Waals surface area contributed by atoms with Crippen molar-refractivity contribution in [1.29, 1.82) is 0 Å². The Morgan fingerprint density at radius 3 is 2.59 bits per heavy atom. The van der Waals surface area contributed by atoms with Gasteiger partial charge in [0.2, 0.25) is 0 Å². The molecule has 1 saturated heterocycles. The maximum atomic E-state index is 12.2. The molecule has 5 nitrogen and oxygen atoms in total. The molecule has 1 atom stereocenters. The Balaban J connectivity index is 1.91. The van der Waals surface area contributed by atoms with Gasteiger partial charge in [0.1, 0.15) is 11.4 Å². The number of hydrogen-bond acceptors (Lipinski definition) is 4. The lowest BCUT2D eigenvalue weighted by molar-refractivity contribution is 0.0195. The highest BCUT2D eigenvalue weighted by atomic mass is 16.6. The second-order valence-electron chi connectivity index (χ2n) is 6.63. The average molecular weight is 306 g/mol. The molecule has 1 fully saturated rings. The predicted octanol–water partition coefficient (Wildman–Crippen LogP) is 2.45. The van der Waals surface area contributed by atoms with Gasteiger partial charge < -0.3 is 19.7 Å². The molecule has 0 bridgehead atoms. The number of benzene rings is 1. The highest BCUT2D eigenvalue weighted by Gasteiger charge is 2.27. The Morgan fingerprint density at radius 1 is 1.32 bits per heavy atom. The first-order valence-corrected chi connectivity index (χ1v) is 7.71. The van der Waals surface area contributed by atoms with Gasteiger partial charge in [-0.3, -0.25) is 0 Å². The number of amides is 1. The van der Waals surface area contributed by atoms with Crippen LogP contribution in [-0.2, 0) is 11.2 Å². The molecule has 122 valence electrons. The third-order valence-corrected chi connectivity index (χ3v) is 3.55. The Labute approximate surface area is 132 Å². The minimum atomic E-state index is -0.451. The van der Waals surface area contributed by atoms with Crippen molar-refractivity contribution < 1.29 is 14.3 Å². The fourth-order valence-corrected chi connectivity index (χ4v) is 2.50. The number of ether oxygens (including phenoxy) is 2. The van der Waals surface area contributed by atoms with E-state index in [9.17, 15) is 4.79 Å². The van der Waals surface area contributed by atoms with Crippen LogP contribution in [0.5, 0.6) is 5.75 Å². The maximum Gasteiger partial charge on any atom is 0.410 e. The zero-order valence-corrected chi connectivity index (χ0v) is 13.9. The zero-order chi connectivity index (χ0) is 16.2. The van der Waals surface area contributed by atoms with Gasteiger partial charge in [0, 0.05) is 25.7 Å². The van der Waals surface area contributed by atoms with Crippen LogP contribution in [0.2, 0.25) is 0 Å². The summed E-state index contributed by atoms with van der Waals surface area (Å²) in [5.41, 5.74) is 0.775. The number of nitrogens with one attached hydrogen (secondary N) is 1. The summed E-state index contributed by atoms with van der Waals surface area (Å²) in [5.74, 6) is 0.857. The maximum absolute atomic E-state index is 12.2. The van der Waals surface area contributed by atoms with E-state index in [1.807, 2.05) is 32.9 Å². The third-order valence-electron chi connectivity index (χ3n) is 3.55. The van der Waals surface area contributed by atoms with Gasteiger partial charge in [0.25, 0.3) is 0 Å². The zero-order valence-electron chi connectivity index (χ0n) is 13.9. The Hall–Kier alpha value is -1.75. The van der Waals surface area contributed by atoms with Crippen LogP contribution in [0.15, 0.2) is 24.3 Å². The molecule has 0 saturated carbocycles. The lowest BCUT2D eigenvalue weighted by Crippen LogP contribution is -2.54. The van der Waals surface area contributed by atoms with Crippen molar-refractivity contribution in [2.24, 2.45) is 0 Å². The Kier molecular flexibility index (Phi) is 5.29. The smallest absolute Gasteiger partial charge is 0.410 e. The average Bonchev–Trinajstić information content (AvgIpc) is 2.46. The van der Waals surface area contributed by atoms with Crippen LogP contribution in [0, 0.1) is 0 Å². The highest BCUT2D eigenvalue weighted by molar-refractivity contribution is 5.68. The SMILES string of the molecule is COc1ccc(CC2CN(C(=O)OC(C)(C)C)CCN2)cc1. The molecule has 2 rings (SSSR count). The first-order chi connectivity index (χ1) is 10.4. The number of carbonyl (C=O) groups is 1. The molecule has 1 aromatic carbocycles. The van der Waals surface area contributed by atoms with E-state index in [1.54, 1.807) is 12.0 Å². The molecular formula is C17H26N2O3. The molecule has 1 aromatic rings. The van der Waals surface area contributed by atoms with Crippen molar-refractivity contribution in [1.82, 2.24) is 10.2 Å². The summed E-state index contributed by atoms with van der Waals surface area (Å²) in [4.78, 5) is 13.9. The van der Waals surface area contributed by atoms with Gasteiger partial charge in [-0.05, 0) is 44.9 Å². The van der Waals surface area contributed by atoms with Crippen molar-refractivity contribution >= 4 is 6.09 Å². The van der Waals surface area contributed by atoms with Gasteiger partial charge in [-0.15, -0.1) is 0 Å². The van der Waals surface area contributed by atoms with E-state index >= 15 is 0 Å². The summed E-state index contributed by atoms with van der Waals surface area (Å²) in [6, 6.07) is 8.29. The largest absolute Gasteiger partial charge is 0.497 e. The second kappa shape index (κ2) is 7.01. The van der Waals surface area contributed by atoms with Crippen LogP contribution in [-0.4, -0.2) is 49.4 Å². The van der Waals surface area contributed by atoms with Gasteiger partial charge in [-0.2, -0.15) is 0 Å². The van der Waals surface area contributed by atoms with Gasteiger partial charge >= 0.3 is 6.09 Å². The van der Waals surface area contributed by atoms with Crippen molar-refractivity contribution in [3.8, 4) is 5.75 Å². The van der Waals surface area contributed by atoms with Crippen molar-refractivity contribution in [2.45, 2.75) is 38.8 Å². The molecule has 1 aliphatic heterocycles. The number of carbonyl (C=O) groups excluding carboxylic acids is 1. The summed E-state index contributed by atoms with van der Waals surface area (Å²) in [7, 11) is 1.66. The highest BCUT2D eigenvalue weighted by Crippen LogP contribution is 2.15. The van der Waals surface area contributed by atoms with E-state index in [4.69, 9.17) is 9.47 Å². The number of methoxy groups -OCH3 is 1. The molecule has 1 heterocycles. The van der Waals surface area contributed by atoms with Crippen LogP contribution in [0.3, 0.4) is 0 Å². The van der Waals surface area contributed by atoms with Crippen LogP contribution in [0.4, 0.5) is 4.79 Å². The number of rotatable bonds is 3. The quantitative estimate of drug-likeness (QED) is 0.932. The van der Waals surface area contributed by atoms with Crippen LogP contribution >= 0.6 is 0 Å². The summed E-state index contributed by atoms with van der Waals surface area (Å²) in [6.07, 6.45) is 0.650. The summed E-state index contributed by atoms with van der Waals surface area (Å²) in [6.45, 7) is 7.82. The normalized spacial score (nSPS) is 18.9. The van der Waals surface area contributed by atoms with Crippen LogP contribution < -0.4 is 10.1 Å². The van der Waals surface area contributed by atoms with E-state index in [2.05, 4.69) is 17.4 Å². The van der Waals surface area contributed by atoms with Crippen LogP contribution in [0.25, 0.3) is 0 Å². The van der Waals surface area contributed by atoms with E-state index < -0.39 is 5.60 Å². The summed E-state index contributed by atoms with van der Waals surface area (Å²) in [5, 5.41) is 3.46. The molecular weight excluding hydrogens is 280 g/mol. The predicted molar refractivity (Wildman–Crippen MR) is 86.3 cm³/mol. The molecule has 5 heteroatoms. The van der Waals surface area contributed by atoms with E-state index in [-0.39, 0.29) is 12.1 Å². The summed E-state index contributed by atoms with van der Waals surface area (Å²) >= 11 is 0. The lowest BCUT2D eigenvalue weighted by Gasteiger charge is -2.35. The van der Waals surface area contributed by atoms with Crippen molar-refractivity contribution in [3.05, 3.63) is 29.8 Å². The van der Waals surface area contributed by atoms with E-state index in [0.717, 1.165) is 18.7 Å². The molecule has 1 aliphatic rings. The fourth-order valence-electron chi connectivity index (χ4n) is 2.50. The third kappa shape index (κ3) is 4.91. The molecule has 0 spiro atoms. The molecule has 22 heavy (non-hydrogen) atoms. The minimum absolute atomic E-state index is 0.228. The van der Waals surface area contributed by atoms with Gasteiger partial charge in [-0.25, -0.2) is 4.79 Å². The van der Waals surface area contributed by atoms with Crippen LogP contribution in [0.1, 0.15) is 26.3 Å². The number of hydrogen-bond donors (Lipinski definition) is 1. The molecule has 0 radical (unpaired) electrons. The second-order valence-corrected chi connectivity index (χ2v) is 6.63. The molecule has 0 aliphatic carbocycles. The van der Waals surface area contributed by atoms with Gasteiger partial charge in [-0.1, -0.05) is 12.1 Å². The monoisotopic (exact) mass is 306 g/mol. The van der Waals surface area contributed by atoms with Crippen molar-refractivity contribution in [3.63, 3.8) is 0 Å². The first-order valence-electron chi connectivity index (χ1n) is 7.71. The summed E-state index contributed by atoms with van der Waals surface area (Å²) < 4.78 is 10.6. The molecule has 1 amide bonds. The Morgan fingerprint density at radius 2 is 2.00 bits per heavy atom. The topological polar surface area (TPSA) is 50.8 Å². The lowest BCUT2D eigenvalue weighted by atomic mass is 10.0. The van der Waals surface area contributed by atoms with Gasteiger partial charge in [0.05, 0.1) is 7.11 Å². The molecule has 1 N–H and O–H groups in total. The van der Waals surface area contributed by atoms with Gasteiger partial charge in [0.15, 0.2) is 0 Å². The molecule has 1 unspecified atom stereocenters. The van der Waals surface area contributed by atoms with E-state index in [0.29, 0.717) is 13.1 Å².